The minimum atomic E-state index is -0.799. The summed E-state index contributed by atoms with van der Waals surface area (Å²) < 4.78 is 0.814. The van der Waals surface area contributed by atoms with Crippen molar-refractivity contribution in [2.75, 3.05) is 4.90 Å². The standard InChI is InChI=1S/C26H21ClN2O3S2/c1-26(2,3)15-8-6-14(7-9-15)21-20(22(30)18-5-4-12-33-18)23(31)24(32)29(21)25-28-17-11-10-16(27)13-19(17)34-25/h4-13,21,31H,1-3H3. The normalized spacial score (nSPS) is 16.6. The molecule has 0 radical (unpaired) electrons. The third kappa shape index (κ3) is 3.83. The molecule has 2 aromatic carbocycles. The molecule has 0 saturated carbocycles. The molecule has 3 heterocycles. The van der Waals surface area contributed by atoms with E-state index in [-0.39, 0.29) is 16.8 Å². The van der Waals surface area contributed by atoms with Gasteiger partial charge < -0.3 is 5.11 Å². The van der Waals surface area contributed by atoms with Crippen LogP contribution in [0, 0.1) is 0 Å². The van der Waals surface area contributed by atoms with Gasteiger partial charge in [0.05, 0.1) is 26.7 Å². The second kappa shape index (κ2) is 8.34. The molecule has 1 atom stereocenters. The summed E-state index contributed by atoms with van der Waals surface area (Å²) in [5, 5.41) is 13.7. The van der Waals surface area contributed by atoms with Crippen LogP contribution in [0.25, 0.3) is 10.2 Å². The summed E-state index contributed by atoms with van der Waals surface area (Å²) >= 11 is 8.71. The number of Topliss-reactive ketones (excluding diaryl/α,β-unsaturated/α-hetero) is 1. The number of aromatic nitrogens is 1. The Balaban J connectivity index is 1.67. The van der Waals surface area contributed by atoms with E-state index < -0.39 is 17.7 Å². The largest absolute Gasteiger partial charge is 0.503 e. The number of rotatable bonds is 4. The fraction of sp³-hybridized carbons (Fsp3) is 0.192. The zero-order valence-corrected chi connectivity index (χ0v) is 21.1. The van der Waals surface area contributed by atoms with Gasteiger partial charge >= 0.3 is 0 Å². The molecule has 5 nitrogen and oxygen atoms in total. The van der Waals surface area contributed by atoms with Crippen LogP contribution in [0.15, 0.2) is 71.3 Å². The molecule has 1 unspecified atom stereocenters. The van der Waals surface area contributed by atoms with Gasteiger partial charge in [0, 0.05) is 5.02 Å². The van der Waals surface area contributed by atoms with Crippen molar-refractivity contribution < 1.29 is 14.7 Å². The first kappa shape index (κ1) is 22.8. The molecule has 1 aliphatic heterocycles. The Kier molecular flexibility index (Phi) is 5.59. The van der Waals surface area contributed by atoms with Crippen LogP contribution in [-0.2, 0) is 10.2 Å². The lowest BCUT2D eigenvalue weighted by atomic mass is 9.85. The number of thiazole rings is 1. The van der Waals surface area contributed by atoms with Gasteiger partial charge in [-0.3, -0.25) is 14.5 Å². The Hall–Kier alpha value is -3.00. The Bertz CT molecular complexity index is 1450. The molecule has 0 bridgehead atoms. The number of hydrogen-bond acceptors (Lipinski definition) is 6. The van der Waals surface area contributed by atoms with Crippen LogP contribution >= 0.6 is 34.3 Å². The molecule has 0 saturated heterocycles. The van der Waals surface area contributed by atoms with Crippen molar-refractivity contribution in [1.82, 2.24) is 4.98 Å². The third-order valence-corrected chi connectivity index (χ3v) is 7.96. The zero-order chi connectivity index (χ0) is 24.2. The smallest absolute Gasteiger partial charge is 0.296 e. The minimum Gasteiger partial charge on any atom is -0.503 e. The summed E-state index contributed by atoms with van der Waals surface area (Å²) in [4.78, 5) is 33.3. The number of thiophene rings is 1. The maximum atomic E-state index is 13.4. The van der Waals surface area contributed by atoms with Crippen molar-refractivity contribution >= 4 is 61.3 Å². The molecular formula is C26H21ClN2O3S2. The quantitative estimate of drug-likeness (QED) is 0.299. The van der Waals surface area contributed by atoms with Crippen molar-refractivity contribution in [3.05, 3.63) is 92.3 Å². The molecule has 5 rings (SSSR count). The Morgan fingerprint density at radius 3 is 2.50 bits per heavy atom. The van der Waals surface area contributed by atoms with Crippen LogP contribution in [-0.4, -0.2) is 21.8 Å². The molecule has 0 aliphatic carbocycles. The number of nitrogens with zero attached hydrogens (tertiary/aromatic N) is 2. The number of fused-ring (bicyclic) bond motifs is 1. The average molecular weight is 509 g/mol. The van der Waals surface area contributed by atoms with Crippen molar-refractivity contribution in [1.29, 1.82) is 0 Å². The first-order chi connectivity index (χ1) is 16.1. The first-order valence-corrected chi connectivity index (χ1v) is 12.7. The molecule has 2 aromatic heterocycles. The maximum absolute atomic E-state index is 13.4. The molecule has 1 N–H and O–H groups in total. The van der Waals surface area contributed by atoms with Crippen LogP contribution in [0.1, 0.15) is 47.6 Å². The number of anilines is 1. The van der Waals surface area contributed by atoms with Gasteiger partial charge in [-0.05, 0) is 46.2 Å². The summed E-state index contributed by atoms with van der Waals surface area (Å²) in [5.41, 5.74) is 2.55. The predicted octanol–water partition coefficient (Wildman–Crippen LogP) is 7.09. The van der Waals surface area contributed by atoms with Gasteiger partial charge in [0.25, 0.3) is 5.91 Å². The lowest BCUT2D eigenvalue weighted by Gasteiger charge is -2.25. The predicted molar refractivity (Wildman–Crippen MR) is 138 cm³/mol. The van der Waals surface area contributed by atoms with Gasteiger partial charge in [-0.25, -0.2) is 4.98 Å². The van der Waals surface area contributed by atoms with E-state index in [0.29, 0.717) is 20.5 Å². The average Bonchev–Trinajstić information content (AvgIpc) is 3.52. The topological polar surface area (TPSA) is 70.5 Å². The van der Waals surface area contributed by atoms with Crippen molar-refractivity contribution in [3.8, 4) is 0 Å². The molecule has 172 valence electrons. The van der Waals surface area contributed by atoms with E-state index in [1.165, 1.54) is 27.6 Å². The zero-order valence-electron chi connectivity index (χ0n) is 18.7. The number of aliphatic hydroxyl groups is 1. The van der Waals surface area contributed by atoms with Crippen molar-refractivity contribution in [3.63, 3.8) is 0 Å². The summed E-state index contributed by atoms with van der Waals surface area (Å²) in [6, 6.07) is 15.8. The number of hydrogen-bond donors (Lipinski definition) is 1. The number of carbonyl (C=O) groups is 2. The molecule has 0 spiro atoms. The summed E-state index contributed by atoms with van der Waals surface area (Å²) in [7, 11) is 0. The Labute approximate surface area is 209 Å². The first-order valence-electron chi connectivity index (χ1n) is 10.7. The van der Waals surface area contributed by atoms with Gasteiger partial charge in [-0.15, -0.1) is 11.3 Å². The lowest BCUT2D eigenvalue weighted by Crippen LogP contribution is -2.31. The van der Waals surface area contributed by atoms with E-state index in [4.69, 9.17) is 11.6 Å². The minimum absolute atomic E-state index is 0.0520. The summed E-state index contributed by atoms with van der Waals surface area (Å²) in [5.74, 6) is -1.55. The van der Waals surface area contributed by atoms with E-state index >= 15 is 0 Å². The third-order valence-electron chi connectivity index (χ3n) is 5.84. The highest BCUT2D eigenvalue weighted by atomic mass is 35.5. The van der Waals surface area contributed by atoms with E-state index in [2.05, 4.69) is 25.8 Å². The van der Waals surface area contributed by atoms with E-state index in [1.54, 1.807) is 35.7 Å². The van der Waals surface area contributed by atoms with Crippen LogP contribution in [0.3, 0.4) is 0 Å². The van der Waals surface area contributed by atoms with Gasteiger partial charge in [-0.1, -0.05) is 74.0 Å². The number of benzene rings is 2. The highest BCUT2D eigenvalue weighted by Crippen LogP contribution is 2.45. The summed E-state index contributed by atoms with van der Waals surface area (Å²) in [6.45, 7) is 6.37. The molecule has 1 amide bonds. The highest BCUT2D eigenvalue weighted by Gasteiger charge is 2.46. The second-order valence-corrected chi connectivity index (χ2v) is 11.5. The monoisotopic (exact) mass is 508 g/mol. The van der Waals surface area contributed by atoms with Crippen molar-refractivity contribution in [2.24, 2.45) is 0 Å². The van der Waals surface area contributed by atoms with Crippen LogP contribution < -0.4 is 4.90 Å². The van der Waals surface area contributed by atoms with E-state index in [0.717, 1.165) is 15.8 Å². The Morgan fingerprint density at radius 2 is 1.85 bits per heavy atom. The van der Waals surface area contributed by atoms with Crippen molar-refractivity contribution in [2.45, 2.75) is 32.2 Å². The van der Waals surface area contributed by atoms with Crippen LogP contribution in [0.2, 0.25) is 5.02 Å². The molecule has 0 fully saturated rings. The number of carbonyl (C=O) groups excluding carboxylic acids is 2. The molecular weight excluding hydrogens is 488 g/mol. The highest BCUT2D eigenvalue weighted by molar-refractivity contribution is 7.22. The number of aliphatic hydroxyl groups excluding tert-OH is 1. The van der Waals surface area contributed by atoms with Crippen LogP contribution in [0.5, 0.6) is 0 Å². The maximum Gasteiger partial charge on any atom is 0.296 e. The lowest BCUT2D eigenvalue weighted by molar-refractivity contribution is -0.117. The fourth-order valence-corrected chi connectivity index (χ4v) is 5.99. The molecule has 8 heteroatoms. The van der Waals surface area contributed by atoms with Gasteiger partial charge in [0.15, 0.2) is 10.9 Å². The second-order valence-electron chi connectivity index (χ2n) is 9.13. The SMILES string of the molecule is CC(C)(C)c1ccc(C2C(C(=O)c3cccs3)=C(O)C(=O)N2c2nc3ccc(Cl)cc3s2)cc1. The van der Waals surface area contributed by atoms with E-state index in [1.807, 2.05) is 24.3 Å². The molecule has 4 aromatic rings. The van der Waals surface area contributed by atoms with Gasteiger partial charge in [-0.2, -0.15) is 0 Å². The number of halogens is 1. The fourth-order valence-electron chi connectivity index (χ4n) is 4.05. The number of amides is 1. The summed E-state index contributed by atoms with van der Waals surface area (Å²) in [6.07, 6.45) is 0. The Morgan fingerprint density at radius 1 is 1.12 bits per heavy atom. The molecule has 1 aliphatic rings. The molecule has 34 heavy (non-hydrogen) atoms. The van der Waals surface area contributed by atoms with E-state index in [9.17, 15) is 14.7 Å². The van der Waals surface area contributed by atoms with Gasteiger partial charge in [0.2, 0.25) is 5.78 Å². The van der Waals surface area contributed by atoms with Gasteiger partial charge in [0.1, 0.15) is 0 Å². The number of ketones is 1. The van der Waals surface area contributed by atoms with Crippen LogP contribution in [0.4, 0.5) is 5.13 Å².